The van der Waals surface area contributed by atoms with Crippen molar-refractivity contribution in [3.63, 3.8) is 0 Å². The lowest BCUT2D eigenvalue weighted by molar-refractivity contribution is -0.114. The summed E-state index contributed by atoms with van der Waals surface area (Å²) in [6.45, 7) is 0. The van der Waals surface area contributed by atoms with Crippen molar-refractivity contribution in [2.45, 2.75) is 5.22 Å². The molecule has 0 spiro atoms. The van der Waals surface area contributed by atoms with Crippen LogP contribution in [-0.2, 0) is 4.79 Å². The number of halogens is 1. The summed E-state index contributed by atoms with van der Waals surface area (Å²) in [5, 5.41) is 14.2. The highest BCUT2D eigenvalue weighted by Crippen LogP contribution is 2.24. The zero-order chi connectivity index (χ0) is 16.2. The first kappa shape index (κ1) is 15.3. The van der Waals surface area contributed by atoms with Crippen molar-refractivity contribution < 1.29 is 9.21 Å². The van der Waals surface area contributed by atoms with Gasteiger partial charge in [0.1, 0.15) is 6.33 Å². The normalized spacial score (nSPS) is 10.7. The van der Waals surface area contributed by atoms with E-state index in [-0.39, 0.29) is 11.0 Å². The SMILES string of the molecule is O=C(CSc1nnc(-c2ccc(Cl)cc2)o1)Nn1cn[nH]c1=O. The van der Waals surface area contributed by atoms with Gasteiger partial charge in [0.2, 0.25) is 11.8 Å². The van der Waals surface area contributed by atoms with Crippen LogP contribution in [0.1, 0.15) is 0 Å². The van der Waals surface area contributed by atoms with Gasteiger partial charge in [-0.15, -0.1) is 10.2 Å². The molecule has 0 aliphatic carbocycles. The molecule has 2 N–H and O–H groups in total. The molecule has 0 saturated carbocycles. The van der Waals surface area contributed by atoms with Gasteiger partial charge >= 0.3 is 5.69 Å². The Balaban J connectivity index is 1.59. The maximum atomic E-state index is 11.7. The van der Waals surface area contributed by atoms with Gasteiger partial charge in [0.25, 0.3) is 5.22 Å². The molecule has 118 valence electrons. The summed E-state index contributed by atoms with van der Waals surface area (Å²) >= 11 is 6.86. The number of hydrogen-bond acceptors (Lipinski definition) is 7. The van der Waals surface area contributed by atoms with Gasteiger partial charge < -0.3 is 4.42 Å². The molecule has 2 heterocycles. The summed E-state index contributed by atoms with van der Waals surface area (Å²) in [5.74, 6) is -0.0831. The molecule has 0 saturated heterocycles. The molecule has 0 unspecified atom stereocenters. The lowest BCUT2D eigenvalue weighted by atomic mass is 10.2. The van der Waals surface area contributed by atoms with Gasteiger partial charge in [-0.1, -0.05) is 23.4 Å². The maximum absolute atomic E-state index is 11.7. The smallest absolute Gasteiger partial charge is 0.362 e. The molecule has 0 aliphatic rings. The van der Waals surface area contributed by atoms with Crippen LogP contribution < -0.4 is 11.1 Å². The third kappa shape index (κ3) is 3.79. The number of H-pyrrole nitrogens is 1. The van der Waals surface area contributed by atoms with E-state index in [9.17, 15) is 9.59 Å². The molecule has 0 aliphatic heterocycles. The van der Waals surface area contributed by atoms with E-state index in [0.717, 1.165) is 28.3 Å². The second-order valence-electron chi connectivity index (χ2n) is 4.24. The zero-order valence-corrected chi connectivity index (χ0v) is 13.0. The number of benzene rings is 1. The minimum absolute atomic E-state index is 0.000128. The van der Waals surface area contributed by atoms with Gasteiger partial charge in [-0.2, -0.15) is 9.77 Å². The molecule has 23 heavy (non-hydrogen) atoms. The van der Waals surface area contributed by atoms with E-state index < -0.39 is 11.6 Å². The first-order valence-corrected chi connectivity index (χ1v) is 7.62. The van der Waals surface area contributed by atoms with E-state index in [1.807, 2.05) is 0 Å². The second-order valence-corrected chi connectivity index (χ2v) is 5.60. The number of carbonyl (C=O) groups excluding carboxylic acids is 1. The van der Waals surface area contributed by atoms with Crippen LogP contribution in [0.4, 0.5) is 0 Å². The highest BCUT2D eigenvalue weighted by atomic mass is 35.5. The molecule has 3 rings (SSSR count). The van der Waals surface area contributed by atoms with Crippen molar-refractivity contribution in [2.24, 2.45) is 0 Å². The monoisotopic (exact) mass is 352 g/mol. The van der Waals surface area contributed by atoms with E-state index in [4.69, 9.17) is 16.0 Å². The molecule has 0 bridgehead atoms. The number of aromatic amines is 1. The highest BCUT2D eigenvalue weighted by molar-refractivity contribution is 7.99. The number of hydrogen-bond donors (Lipinski definition) is 2. The Morgan fingerprint density at radius 2 is 2.13 bits per heavy atom. The summed E-state index contributed by atoms with van der Waals surface area (Å²) < 4.78 is 6.39. The summed E-state index contributed by atoms with van der Waals surface area (Å²) in [7, 11) is 0. The quantitative estimate of drug-likeness (QED) is 0.661. The standard InChI is InChI=1S/C12H9ClN6O3S/c13-8-3-1-7(2-4-8)10-15-17-12(22-10)23-5-9(20)18-19-6-14-16-11(19)21/h1-4,6H,5H2,(H,16,21)(H,18,20). The third-order valence-corrected chi connectivity index (χ3v) is 3.69. The molecule has 9 nitrogen and oxygen atoms in total. The summed E-state index contributed by atoms with van der Waals surface area (Å²) in [6.07, 6.45) is 1.16. The molecular formula is C12H9ClN6O3S. The lowest BCUT2D eigenvalue weighted by Crippen LogP contribution is -2.31. The van der Waals surface area contributed by atoms with Gasteiger partial charge in [0.15, 0.2) is 0 Å². The predicted octanol–water partition coefficient (Wildman–Crippen LogP) is 1.14. The number of rotatable bonds is 5. The first-order valence-electron chi connectivity index (χ1n) is 6.26. The van der Waals surface area contributed by atoms with Crippen molar-refractivity contribution in [1.29, 1.82) is 0 Å². The van der Waals surface area contributed by atoms with E-state index in [1.54, 1.807) is 24.3 Å². The number of amides is 1. The molecule has 11 heteroatoms. The average molecular weight is 353 g/mol. The van der Waals surface area contributed by atoms with Gasteiger partial charge in [-0.3, -0.25) is 10.2 Å². The molecule has 2 aromatic heterocycles. The van der Waals surface area contributed by atoms with Crippen LogP contribution in [0.2, 0.25) is 5.02 Å². The number of carbonyl (C=O) groups is 1. The third-order valence-electron chi connectivity index (χ3n) is 2.62. The van der Waals surface area contributed by atoms with Crippen LogP contribution in [0.25, 0.3) is 11.5 Å². The lowest BCUT2D eigenvalue weighted by Gasteiger charge is -2.01. The van der Waals surface area contributed by atoms with Crippen LogP contribution in [-0.4, -0.2) is 36.7 Å². The minimum atomic E-state index is -0.536. The van der Waals surface area contributed by atoms with E-state index in [2.05, 4.69) is 25.8 Å². The summed E-state index contributed by atoms with van der Waals surface area (Å²) in [4.78, 5) is 22.9. The zero-order valence-electron chi connectivity index (χ0n) is 11.4. The van der Waals surface area contributed by atoms with Crippen molar-refractivity contribution in [3.05, 3.63) is 46.1 Å². The molecule has 3 aromatic rings. The Kier molecular flexibility index (Phi) is 4.44. The Bertz CT molecular complexity index is 871. The van der Waals surface area contributed by atoms with E-state index in [1.165, 1.54) is 0 Å². The van der Waals surface area contributed by atoms with Crippen molar-refractivity contribution in [1.82, 2.24) is 25.1 Å². The summed E-state index contributed by atoms with van der Waals surface area (Å²) in [6, 6.07) is 6.93. The number of thioether (sulfide) groups is 1. The molecule has 1 amide bonds. The highest BCUT2D eigenvalue weighted by Gasteiger charge is 2.12. The van der Waals surface area contributed by atoms with Crippen molar-refractivity contribution >= 4 is 29.3 Å². The second kappa shape index (κ2) is 6.67. The fraction of sp³-hybridized carbons (Fsp3) is 0.0833. The van der Waals surface area contributed by atoms with Crippen LogP contribution in [0.5, 0.6) is 0 Å². The fourth-order valence-corrected chi connectivity index (χ4v) is 2.28. The van der Waals surface area contributed by atoms with Gasteiger partial charge in [-0.25, -0.2) is 9.89 Å². The van der Waals surface area contributed by atoms with Crippen LogP contribution >= 0.6 is 23.4 Å². The van der Waals surface area contributed by atoms with E-state index >= 15 is 0 Å². The maximum Gasteiger partial charge on any atom is 0.362 e. The largest absolute Gasteiger partial charge is 0.411 e. The number of nitrogens with one attached hydrogen (secondary N) is 2. The Morgan fingerprint density at radius 1 is 1.35 bits per heavy atom. The average Bonchev–Trinajstić information content (AvgIpc) is 3.16. The van der Waals surface area contributed by atoms with Crippen molar-refractivity contribution in [3.8, 4) is 11.5 Å². The van der Waals surface area contributed by atoms with Crippen molar-refractivity contribution in [2.75, 3.05) is 11.2 Å². The summed E-state index contributed by atoms with van der Waals surface area (Å²) in [5.41, 5.74) is 2.54. The minimum Gasteiger partial charge on any atom is -0.411 e. The number of aromatic nitrogens is 5. The van der Waals surface area contributed by atoms with E-state index in [0.29, 0.717) is 10.9 Å². The Morgan fingerprint density at radius 3 is 2.83 bits per heavy atom. The van der Waals surface area contributed by atoms with Gasteiger partial charge in [-0.05, 0) is 24.3 Å². The van der Waals surface area contributed by atoms with Gasteiger partial charge in [0.05, 0.1) is 5.75 Å². The molecule has 1 aromatic carbocycles. The molecule has 0 radical (unpaired) electrons. The first-order chi connectivity index (χ1) is 11.1. The topological polar surface area (TPSA) is 119 Å². The number of nitrogens with zero attached hydrogens (tertiary/aromatic N) is 4. The van der Waals surface area contributed by atoms with Crippen LogP contribution in [0.15, 0.2) is 45.0 Å². The predicted molar refractivity (Wildman–Crippen MR) is 82.7 cm³/mol. The molecule has 0 fully saturated rings. The van der Waals surface area contributed by atoms with Gasteiger partial charge in [0, 0.05) is 10.6 Å². The Hall–Kier alpha value is -2.59. The Labute approximate surface area is 138 Å². The molecule has 0 atom stereocenters. The fourth-order valence-electron chi connectivity index (χ4n) is 1.60. The molecular weight excluding hydrogens is 344 g/mol. The van der Waals surface area contributed by atoms with Crippen LogP contribution in [0.3, 0.4) is 0 Å². The van der Waals surface area contributed by atoms with Crippen LogP contribution in [0, 0.1) is 0 Å².